The monoisotopic (exact) mass is 292 g/mol. The predicted octanol–water partition coefficient (Wildman–Crippen LogP) is 0.343. The molecule has 0 heterocycles. The summed E-state index contributed by atoms with van der Waals surface area (Å²) in [4.78, 5) is 11.6. The molecular weight excluding hydrogens is 268 g/mol. The van der Waals surface area contributed by atoms with Crippen LogP contribution in [0, 0.1) is 0 Å². The molecule has 0 spiro atoms. The lowest BCUT2D eigenvalue weighted by atomic mass is 10.2. The number of hydrogen-bond donors (Lipinski definition) is 1. The fraction of sp³-hybridized carbons (Fsp3) is 0.917. The van der Waals surface area contributed by atoms with Crippen molar-refractivity contribution >= 4 is 15.9 Å². The van der Waals surface area contributed by atoms with Crippen molar-refractivity contribution in [1.82, 2.24) is 9.62 Å². The topological polar surface area (TPSA) is 75.7 Å². The number of ether oxygens (including phenoxy) is 1. The minimum atomic E-state index is -3.24. The van der Waals surface area contributed by atoms with E-state index >= 15 is 0 Å². The second-order valence-corrected chi connectivity index (χ2v) is 6.84. The van der Waals surface area contributed by atoms with Crippen LogP contribution < -0.4 is 5.32 Å². The lowest BCUT2D eigenvalue weighted by Gasteiger charge is -2.26. The van der Waals surface area contributed by atoms with Crippen LogP contribution in [-0.2, 0) is 19.6 Å². The number of nitrogens with one attached hydrogen (secondary N) is 1. The zero-order valence-electron chi connectivity index (χ0n) is 11.7. The summed E-state index contributed by atoms with van der Waals surface area (Å²) in [5.41, 5.74) is 0. The summed E-state index contributed by atoms with van der Waals surface area (Å²) >= 11 is 0. The van der Waals surface area contributed by atoms with Gasteiger partial charge in [0.05, 0.1) is 12.9 Å². The van der Waals surface area contributed by atoms with Crippen LogP contribution >= 0.6 is 0 Å². The maximum atomic E-state index is 11.8. The van der Waals surface area contributed by atoms with Gasteiger partial charge in [-0.1, -0.05) is 12.8 Å². The molecule has 1 fully saturated rings. The van der Waals surface area contributed by atoms with Gasteiger partial charge in [-0.05, 0) is 12.8 Å². The third-order valence-corrected chi connectivity index (χ3v) is 4.68. The SMILES string of the molecule is COCCNC(=O)CCN(C1CCCC1)S(C)(=O)=O. The van der Waals surface area contributed by atoms with E-state index in [1.807, 2.05) is 0 Å². The molecule has 19 heavy (non-hydrogen) atoms. The van der Waals surface area contributed by atoms with Crippen molar-refractivity contribution in [2.75, 3.05) is 33.1 Å². The van der Waals surface area contributed by atoms with E-state index in [4.69, 9.17) is 4.74 Å². The van der Waals surface area contributed by atoms with Crippen LogP contribution in [0.25, 0.3) is 0 Å². The molecule has 0 aliphatic heterocycles. The summed E-state index contributed by atoms with van der Waals surface area (Å²) in [6, 6.07) is 0.0711. The van der Waals surface area contributed by atoms with E-state index in [1.54, 1.807) is 7.11 Å². The first-order chi connectivity index (χ1) is 8.95. The van der Waals surface area contributed by atoms with Gasteiger partial charge in [-0.3, -0.25) is 4.79 Å². The summed E-state index contributed by atoms with van der Waals surface area (Å²) in [5, 5.41) is 2.70. The Morgan fingerprint density at radius 2 is 2.00 bits per heavy atom. The molecule has 6 nitrogen and oxygen atoms in total. The Morgan fingerprint density at radius 1 is 1.37 bits per heavy atom. The van der Waals surface area contributed by atoms with Gasteiger partial charge in [0, 0.05) is 32.7 Å². The molecule has 1 saturated carbocycles. The van der Waals surface area contributed by atoms with Crippen molar-refractivity contribution in [3.63, 3.8) is 0 Å². The molecule has 0 atom stereocenters. The Kier molecular flexibility index (Phi) is 6.74. The maximum Gasteiger partial charge on any atom is 0.221 e. The zero-order chi connectivity index (χ0) is 14.3. The first-order valence-corrected chi connectivity index (χ1v) is 8.52. The van der Waals surface area contributed by atoms with Crippen LogP contribution in [0.5, 0.6) is 0 Å². The third-order valence-electron chi connectivity index (χ3n) is 3.35. The Balaban J connectivity index is 2.43. The van der Waals surface area contributed by atoms with E-state index in [2.05, 4.69) is 5.32 Å². The highest BCUT2D eigenvalue weighted by Gasteiger charge is 2.29. The molecule has 1 aliphatic carbocycles. The molecule has 1 rings (SSSR count). The van der Waals surface area contributed by atoms with Crippen molar-refractivity contribution in [3.8, 4) is 0 Å². The van der Waals surface area contributed by atoms with Crippen molar-refractivity contribution in [2.24, 2.45) is 0 Å². The van der Waals surface area contributed by atoms with Crippen LogP contribution in [0.1, 0.15) is 32.1 Å². The summed E-state index contributed by atoms with van der Waals surface area (Å²) in [7, 11) is -1.67. The molecule has 0 saturated heterocycles. The fourth-order valence-electron chi connectivity index (χ4n) is 2.40. The van der Waals surface area contributed by atoms with Gasteiger partial charge in [0.25, 0.3) is 0 Å². The maximum absolute atomic E-state index is 11.8. The fourth-order valence-corrected chi connectivity index (χ4v) is 3.58. The van der Waals surface area contributed by atoms with E-state index in [9.17, 15) is 13.2 Å². The smallest absolute Gasteiger partial charge is 0.221 e. The van der Waals surface area contributed by atoms with Crippen molar-refractivity contribution in [3.05, 3.63) is 0 Å². The third kappa shape index (κ3) is 5.88. The Labute approximate surface area is 115 Å². The highest BCUT2D eigenvalue weighted by Crippen LogP contribution is 2.25. The van der Waals surface area contributed by atoms with Crippen LogP contribution in [0.3, 0.4) is 0 Å². The van der Waals surface area contributed by atoms with Gasteiger partial charge in [0.15, 0.2) is 0 Å². The number of sulfonamides is 1. The molecule has 112 valence electrons. The van der Waals surface area contributed by atoms with Crippen molar-refractivity contribution in [1.29, 1.82) is 0 Å². The molecule has 0 aromatic heterocycles. The Morgan fingerprint density at radius 3 is 2.53 bits per heavy atom. The zero-order valence-corrected chi connectivity index (χ0v) is 12.5. The number of carbonyl (C=O) groups is 1. The number of nitrogens with zero attached hydrogens (tertiary/aromatic N) is 1. The van der Waals surface area contributed by atoms with Crippen LogP contribution in [0.2, 0.25) is 0 Å². The number of rotatable bonds is 8. The van der Waals surface area contributed by atoms with E-state index in [0.29, 0.717) is 13.2 Å². The van der Waals surface area contributed by atoms with Crippen LogP contribution in [0.4, 0.5) is 0 Å². The molecule has 1 N–H and O–H groups in total. The van der Waals surface area contributed by atoms with Crippen LogP contribution in [0.15, 0.2) is 0 Å². The van der Waals surface area contributed by atoms with Crippen molar-refractivity contribution in [2.45, 2.75) is 38.1 Å². The molecule has 1 aliphatic rings. The molecule has 0 aromatic carbocycles. The lowest BCUT2D eigenvalue weighted by molar-refractivity contribution is -0.121. The van der Waals surface area contributed by atoms with Gasteiger partial charge in [0.1, 0.15) is 0 Å². The van der Waals surface area contributed by atoms with E-state index < -0.39 is 10.0 Å². The van der Waals surface area contributed by atoms with E-state index in [0.717, 1.165) is 25.7 Å². The minimum absolute atomic E-state index is 0.0711. The molecular formula is C12H24N2O4S. The second kappa shape index (κ2) is 7.81. The summed E-state index contributed by atoms with van der Waals surface area (Å²) in [5.74, 6) is -0.135. The molecule has 0 aromatic rings. The largest absolute Gasteiger partial charge is 0.383 e. The number of hydrogen-bond acceptors (Lipinski definition) is 4. The molecule has 7 heteroatoms. The highest BCUT2D eigenvalue weighted by molar-refractivity contribution is 7.88. The Bertz CT molecular complexity index is 377. The van der Waals surface area contributed by atoms with E-state index in [1.165, 1.54) is 10.6 Å². The standard InChI is InChI=1S/C12H24N2O4S/c1-18-10-8-13-12(15)7-9-14(19(2,16)17)11-5-3-4-6-11/h11H,3-10H2,1-2H3,(H,13,15). The van der Waals surface area contributed by atoms with Gasteiger partial charge < -0.3 is 10.1 Å². The molecule has 0 bridgehead atoms. The summed E-state index contributed by atoms with van der Waals surface area (Å²) in [6.45, 7) is 1.18. The van der Waals surface area contributed by atoms with Crippen LogP contribution in [-0.4, -0.2) is 57.7 Å². The normalized spacial score (nSPS) is 17.0. The number of methoxy groups -OCH3 is 1. The lowest BCUT2D eigenvalue weighted by Crippen LogP contribution is -2.40. The molecule has 1 amide bonds. The molecule has 0 radical (unpaired) electrons. The quantitative estimate of drug-likeness (QED) is 0.655. The van der Waals surface area contributed by atoms with Gasteiger partial charge in [0.2, 0.25) is 15.9 Å². The van der Waals surface area contributed by atoms with Gasteiger partial charge in [-0.25, -0.2) is 8.42 Å². The first-order valence-electron chi connectivity index (χ1n) is 6.67. The molecule has 0 unspecified atom stereocenters. The minimum Gasteiger partial charge on any atom is -0.383 e. The Hall–Kier alpha value is -0.660. The predicted molar refractivity (Wildman–Crippen MR) is 73.3 cm³/mol. The second-order valence-electron chi connectivity index (χ2n) is 4.90. The highest BCUT2D eigenvalue weighted by atomic mass is 32.2. The van der Waals surface area contributed by atoms with E-state index in [-0.39, 0.29) is 24.9 Å². The summed E-state index contributed by atoms with van der Waals surface area (Å²) in [6.07, 6.45) is 5.35. The average Bonchev–Trinajstić information content (AvgIpc) is 2.81. The number of amides is 1. The van der Waals surface area contributed by atoms with Gasteiger partial charge in [-0.2, -0.15) is 4.31 Å². The average molecular weight is 292 g/mol. The van der Waals surface area contributed by atoms with Gasteiger partial charge >= 0.3 is 0 Å². The van der Waals surface area contributed by atoms with Crippen molar-refractivity contribution < 1.29 is 17.9 Å². The van der Waals surface area contributed by atoms with Gasteiger partial charge in [-0.15, -0.1) is 0 Å². The first kappa shape index (κ1) is 16.4. The number of carbonyl (C=O) groups excluding carboxylic acids is 1. The summed E-state index contributed by atoms with van der Waals surface area (Å²) < 4.78 is 29.8.